The van der Waals surface area contributed by atoms with E-state index in [1.165, 1.54) is 5.56 Å². The van der Waals surface area contributed by atoms with Crippen molar-refractivity contribution in [2.45, 2.75) is 29.9 Å². The number of hydrogen-bond donors (Lipinski definition) is 1. The van der Waals surface area contributed by atoms with Crippen molar-refractivity contribution >= 4 is 11.8 Å². The zero-order chi connectivity index (χ0) is 13.0. The predicted molar refractivity (Wildman–Crippen MR) is 74.8 cm³/mol. The molecule has 0 aliphatic heterocycles. The summed E-state index contributed by atoms with van der Waals surface area (Å²) in [6.07, 6.45) is 3.68. The fraction of sp³-hybridized carbons (Fsp3) is 0.286. The van der Waals surface area contributed by atoms with Gasteiger partial charge in [-0.25, -0.2) is 9.97 Å². The second-order valence-electron chi connectivity index (χ2n) is 4.22. The molecule has 0 aliphatic carbocycles. The maximum atomic E-state index is 4.29. The molecule has 1 unspecified atom stereocenters. The highest BCUT2D eigenvalue weighted by molar-refractivity contribution is 7.99. The van der Waals surface area contributed by atoms with Gasteiger partial charge in [-0.15, -0.1) is 0 Å². The van der Waals surface area contributed by atoms with Crippen molar-refractivity contribution in [3.63, 3.8) is 0 Å². The second kappa shape index (κ2) is 5.98. The van der Waals surface area contributed by atoms with Crippen molar-refractivity contribution in [2.75, 3.05) is 7.05 Å². The van der Waals surface area contributed by atoms with E-state index in [1.807, 2.05) is 26.4 Å². The summed E-state index contributed by atoms with van der Waals surface area (Å²) in [5.74, 6) is 0. The van der Waals surface area contributed by atoms with Crippen LogP contribution in [-0.4, -0.2) is 17.0 Å². The first kappa shape index (κ1) is 13.1. The van der Waals surface area contributed by atoms with Crippen molar-refractivity contribution in [1.82, 2.24) is 15.3 Å². The summed E-state index contributed by atoms with van der Waals surface area (Å²) in [7, 11) is 1.97. The summed E-state index contributed by atoms with van der Waals surface area (Å²) in [6, 6.07) is 8.86. The summed E-state index contributed by atoms with van der Waals surface area (Å²) in [5.41, 5.74) is 2.37. The SMILES string of the molecule is CNC(C)c1ccc(Sc2ncc(C)cn2)cc1. The Hall–Kier alpha value is -1.39. The van der Waals surface area contributed by atoms with E-state index < -0.39 is 0 Å². The molecule has 1 aromatic heterocycles. The van der Waals surface area contributed by atoms with Crippen LogP contribution in [0.3, 0.4) is 0 Å². The molecule has 4 heteroatoms. The molecule has 1 atom stereocenters. The van der Waals surface area contributed by atoms with E-state index in [4.69, 9.17) is 0 Å². The minimum Gasteiger partial charge on any atom is -0.313 e. The van der Waals surface area contributed by atoms with Crippen molar-refractivity contribution < 1.29 is 0 Å². The third-order valence-electron chi connectivity index (χ3n) is 2.78. The molecule has 2 aromatic rings. The lowest BCUT2D eigenvalue weighted by Gasteiger charge is -2.10. The van der Waals surface area contributed by atoms with E-state index in [1.54, 1.807) is 11.8 Å². The van der Waals surface area contributed by atoms with Crippen molar-refractivity contribution in [3.05, 3.63) is 47.8 Å². The zero-order valence-electron chi connectivity index (χ0n) is 10.8. The molecule has 0 saturated carbocycles. The Balaban J connectivity index is 2.08. The molecule has 0 aliphatic rings. The van der Waals surface area contributed by atoms with Crippen LogP contribution >= 0.6 is 11.8 Å². The third kappa shape index (κ3) is 3.31. The normalized spacial score (nSPS) is 12.4. The predicted octanol–water partition coefficient (Wildman–Crippen LogP) is 3.22. The first-order valence-corrected chi connectivity index (χ1v) is 6.74. The van der Waals surface area contributed by atoms with Crippen LogP contribution in [0.2, 0.25) is 0 Å². The highest BCUT2D eigenvalue weighted by atomic mass is 32.2. The summed E-state index contributed by atoms with van der Waals surface area (Å²) in [6.45, 7) is 4.13. The topological polar surface area (TPSA) is 37.8 Å². The zero-order valence-corrected chi connectivity index (χ0v) is 11.7. The van der Waals surface area contributed by atoms with Gasteiger partial charge in [-0.2, -0.15) is 0 Å². The Bertz CT molecular complexity index is 493. The van der Waals surface area contributed by atoms with E-state index in [0.29, 0.717) is 6.04 Å². The number of aryl methyl sites for hydroxylation is 1. The lowest BCUT2D eigenvalue weighted by atomic mass is 10.1. The molecule has 2 rings (SSSR count). The molecule has 1 heterocycles. The Morgan fingerprint density at radius 3 is 2.28 bits per heavy atom. The highest BCUT2D eigenvalue weighted by Crippen LogP contribution is 2.25. The highest BCUT2D eigenvalue weighted by Gasteiger charge is 2.03. The van der Waals surface area contributed by atoms with E-state index in [-0.39, 0.29) is 0 Å². The van der Waals surface area contributed by atoms with E-state index in [0.717, 1.165) is 15.6 Å². The van der Waals surface area contributed by atoms with Gasteiger partial charge in [0.2, 0.25) is 0 Å². The number of aromatic nitrogens is 2. The molecular weight excluding hydrogens is 242 g/mol. The molecule has 18 heavy (non-hydrogen) atoms. The molecule has 3 nitrogen and oxygen atoms in total. The van der Waals surface area contributed by atoms with Crippen LogP contribution in [0.1, 0.15) is 24.1 Å². The van der Waals surface area contributed by atoms with E-state index in [2.05, 4.69) is 46.5 Å². The van der Waals surface area contributed by atoms with Gasteiger partial charge in [-0.1, -0.05) is 12.1 Å². The second-order valence-corrected chi connectivity index (χ2v) is 5.27. The van der Waals surface area contributed by atoms with Crippen LogP contribution in [0.25, 0.3) is 0 Å². The van der Waals surface area contributed by atoms with Gasteiger partial charge in [0, 0.05) is 23.3 Å². The lowest BCUT2D eigenvalue weighted by Crippen LogP contribution is -2.11. The number of hydrogen-bond acceptors (Lipinski definition) is 4. The number of nitrogens with zero attached hydrogens (tertiary/aromatic N) is 2. The van der Waals surface area contributed by atoms with Crippen molar-refractivity contribution in [1.29, 1.82) is 0 Å². The molecule has 0 amide bonds. The molecule has 1 aromatic carbocycles. The Morgan fingerprint density at radius 1 is 1.11 bits per heavy atom. The molecule has 0 spiro atoms. The van der Waals surface area contributed by atoms with Crippen molar-refractivity contribution in [3.8, 4) is 0 Å². The van der Waals surface area contributed by atoms with Gasteiger partial charge in [0.1, 0.15) is 0 Å². The number of benzene rings is 1. The van der Waals surface area contributed by atoms with Gasteiger partial charge in [0.25, 0.3) is 0 Å². The molecule has 0 saturated heterocycles. The number of rotatable bonds is 4. The fourth-order valence-corrected chi connectivity index (χ4v) is 2.22. The van der Waals surface area contributed by atoms with E-state index >= 15 is 0 Å². The standard InChI is InChI=1S/C14H17N3S/c1-10-8-16-14(17-9-10)18-13-6-4-12(5-7-13)11(2)15-3/h4-9,11,15H,1-3H3. The van der Waals surface area contributed by atoms with Crippen LogP contribution in [0.4, 0.5) is 0 Å². The summed E-state index contributed by atoms with van der Waals surface area (Å²) >= 11 is 1.58. The average molecular weight is 259 g/mol. The fourth-order valence-electron chi connectivity index (χ4n) is 1.53. The summed E-state index contributed by atoms with van der Waals surface area (Å²) in [4.78, 5) is 9.73. The quantitative estimate of drug-likeness (QED) is 0.856. The first-order valence-electron chi connectivity index (χ1n) is 5.93. The van der Waals surface area contributed by atoms with Crippen LogP contribution in [0, 0.1) is 6.92 Å². The summed E-state index contributed by atoms with van der Waals surface area (Å²) < 4.78 is 0. The van der Waals surface area contributed by atoms with Gasteiger partial charge in [0.05, 0.1) is 0 Å². The molecular formula is C14H17N3S. The molecule has 0 radical (unpaired) electrons. The molecule has 0 fully saturated rings. The molecule has 94 valence electrons. The van der Waals surface area contributed by atoms with Gasteiger partial charge in [-0.05, 0) is 55.9 Å². The Kier molecular flexibility index (Phi) is 4.33. The third-order valence-corrected chi connectivity index (χ3v) is 3.68. The van der Waals surface area contributed by atoms with Crippen LogP contribution in [-0.2, 0) is 0 Å². The first-order chi connectivity index (χ1) is 8.69. The molecule has 0 bridgehead atoms. The van der Waals surface area contributed by atoms with Crippen LogP contribution < -0.4 is 5.32 Å². The monoisotopic (exact) mass is 259 g/mol. The largest absolute Gasteiger partial charge is 0.313 e. The lowest BCUT2D eigenvalue weighted by molar-refractivity contribution is 0.652. The maximum absolute atomic E-state index is 4.29. The molecule has 1 N–H and O–H groups in total. The van der Waals surface area contributed by atoms with Gasteiger partial charge in [0.15, 0.2) is 5.16 Å². The Morgan fingerprint density at radius 2 is 1.72 bits per heavy atom. The van der Waals surface area contributed by atoms with Crippen LogP contribution in [0.5, 0.6) is 0 Å². The van der Waals surface area contributed by atoms with Crippen LogP contribution in [0.15, 0.2) is 46.7 Å². The van der Waals surface area contributed by atoms with Gasteiger partial charge >= 0.3 is 0 Å². The van der Waals surface area contributed by atoms with E-state index in [9.17, 15) is 0 Å². The average Bonchev–Trinajstić information content (AvgIpc) is 2.41. The van der Waals surface area contributed by atoms with Gasteiger partial charge < -0.3 is 5.32 Å². The minimum absolute atomic E-state index is 0.375. The summed E-state index contributed by atoms with van der Waals surface area (Å²) in [5, 5.41) is 4.01. The smallest absolute Gasteiger partial charge is 0.192 e. The minimum atomic E-state index is 0.375. The van der Waals surface area contributed by atoms with Crippen molar-refractivity contribution in [2.24, 2.45) is 0 Å². The maximum Gasteiger partial charge on any atom is 0.192 e. The van der Waals surface area contributed by atoms with Gasteiger partial charge in [-0.3, -0.25) is 0 Å². The Labute approximate surface area is 112 Å². The number of nitrogens with one attached hydrogen (secondary N) is 1.